The lowest BCUT2D eigenvalue weighted by molar-refractivity contribution is 0.155. The Labute approximate surface area is 221 Å². The molecule has 0 aliphatic carbocycles. The summed E-state index contributed by atoms with van der Waals surface area (Å²) >= 11 is 0. The summed E-state index contributed by atoms with van der Waals surface area (Å²) in [6, 6.07) is 18.3. The van der Waals surface area contributed by atoms with Gasteiger partial charge in [-0.1, -0.05) is 31.2 Å². The Morgan fingerprint density at radius 3 is 2.58 bits per heavy atom. The number of H-pyrrole nitrogens is 1. The number of nitrogens with one attached hydrogen (secondary N) is 4. The first kappa shape index (κ1) is 26.9. The van der Waals surface area contributed by atoms with Crippen LogP contribution in [0.3, 0.4) is 0 Å². The number of hydrogen-bond acceptors (Lipinski definition) is 5. The number of fused-ring (bicyclic) bond motifs is 1. The predicted octanol–water partition coefficient (Wildman–Crippen LogP) is 6.22. The Hall–Kier alpha value is -4.17. The van der Waals surface area contributed by atoms with Gasteiger partial charge in [0, 0.05) is 47.0 Å². The molecule has 1 aromatic heterocycles. The summed E-state index contributed by atoms with van der Waals surface area (Å²) in [4.78, 5) is 27.2. The van der Waals surface area contributed by atoms with E-state index < -0.39 is 6.09 Å². The fourth-order valence-corrected chi connectivity index (χ4v) is 4.55. The SMILES string of the molecule is CNCc1cc(NC(=O)OCC(C)c2ccc(C(C)Nc3ccc4cc[nH]c(=O)c4c3)cc2C)ccc1F. The molecular weight excluding hydrogens is 483 g/mol. The Kier molecular flexibility index (Phi) is 8.43. The Bertz CT molecular complexity index is 1500. The van der Waals surface area contributed by atoms with Gasteiger partial charge < -0.3 is 20.4 Å². The second-order valence-corrected chi connectivity index (χ2v) is 9.55. The second kappa shape index (κ2) is 11.9. The summed E-state index contributed by atoms with van der Waals surface area (Å²) in [6.07, 6.45) is 1.07. The molecule has 0 fully saturated rings. The zero-order valence-electron chi connectivity index (χ0n) is 22.0. The zero-order valence-corrected chi connectivity index (χ0v) is 22.0. The van der Waals surface area contributed by atoms with Gasteiger partial charge in [-0.05, 0) is 79.4 Å². The number of benzene rings is 3. The van der Waals surface area contributed by atoms with Crippen molar-refractivity contribution in [1.82, 2.24) is 10.3 Å². The van der Waals surface area contributed by atoms with E-state index in [0.717, 1.165) is 27.8 Å². The number of rotatable bonds is 9. The smallest absolute Gasteiger partial charge is 0.411 e. The van der Waals surface area contributed by atoms with E-state index in [2.05, 4.69) is 46.1 Å². The van der Waals surface area contributed by atoms with Crippen LogP contribution in [0.4, 0.5) is 20.6 Å². The van der Waals surface area contributed by atoms with Crippen LogP contribution in [0, 0.1) is 12.7 Å². The highest BCUT2D eigenvalue weighted by Gasteiger charge is 2.15. The predicted molar refractivity (Wildman–Crippen MR) is 150 cm³/mol. The molecule has 4 rings (SSSR count). The van der Waals surface area contributed by atoms with Crippen LogP contribution < -0.4 is 21.5 Å². The topological polar surface area (TPSA) is 95.2 Å². The average molecular weight is 517 g/mol. The number of hydrogen-bond donors (Lipinski definition) is 4. The van der Waals surface area contributed by atoms with Gasteiger partial charge in [0.05, 0.1) is 6.61 Å². The number of halogens is 1. The van der Waals surface area contributed by atoms with E-state index >= 15 is 0 Å². The summed E-state index contributed by atoms with van der Waals surface area (Å²) in [5.74, 6) is -0.346. The summed E-state index contributed by atoms with van der Waals surface area (Å²) < 4.78 is 19.3. The highest BCUT2D eigenvalue weighted by molar-refractivity contribution is 5.85. The standard InChI is InChI=1S/C30H33FN4O3/c1-18-13-22(20(3)34-25-7-5-21-11-12-33-29(36)27(21)15-25)6-9-26(18)19(2)17-38-30(37)35-24-8-10-28(31)23(14-24)16-32-4/h5-15,19-20,32,34H,16-17H2,1-4H3,(H,33,36)(H,35,37). The molecular formula is C30H33FN4O3. The lowest BCUT2D eigenvalue weighted by Crippen LogP contribution is -2.18. The minimum atomic E-state index is -0.583. The van der Waals surface area contributed by atoms with Crippen LogP contribution in [0.5, 0.6) is 0 Å². The minimum absolute atomic E-state index is 0.0154. The van der Waals surface area contributed by atoms with Crippen molar-refractivity contribution in [2.24, 2.45) is 0 Å². The van der Waals surface area contributed by atoms with Crippen molar-refractivity contribution >= 4 is 28.2 Å². The monoisotopic (exact) mass is 516 g/mol. The van der Waals surface area contributed by atoms with Crippen molar-refractivity contribution in [2.75, 3.05) is 24.3 Å². The second-order valence-electron chi connectivity index (χ2n) is 9.55. The summed E-state index contributed by atoms with van der Waals surface area (Å²) in [6.45, 7) is 6.68. The molecule has 2 unspecified atom stereocenters. The molecule has 0 saturated heterocycles. The average Bonchev–Trinajstić information content (AvgIpc) is 2.90. The first-order valence-electron chi connectivity index (χ1n) is 12.6. The Morgan fingerprint density at radius 1 is 1.03 bits per heavy atom. The number of aromatic nitrogens is 1. The van der Waals surface area contributed by atoms with Crippen LogP contribution in [0.15, 0.2) is 71.7 Å². The van der Waals surface area contributed by atoms with Gasteiger partial charge in [0.2, 0.25) is 0 Å². The molecule has 0 aliphatic heterocycles. The number of carbonyl (C=O) groups is 1. The molecule has 1 heterocycles. The molecule has 0 saturated carbocycles. The van der Waals surface area contributed by atoms with Crippen molar-refractivity contribution in [3.63, 3.8) is 0 Å². The molecule has 4 N–H and O–H groups in total. The number of pyridine rings is 1. The molecule has 7 nitrogen and oxygen atoms in total. The van der Waals surface area contributed by atoms with Gasteiger partial charge in [-0.25, -0.2) is 9.18 Å². The molecule has 0 radical (unpaired) electrons. The quantitative estimate of drug-likeness (QED) is 0.212. The Morgan fingerprint density at radius 2 is 1.82 bits per heavy atom. The number of carbonyl (C=O) groups excluding carboxylic acids is 1. The van der Waals surface area contributed by atoms with E-state index in [1.165, 1.54) is 12.1 Å². The van der Waals surface area contributed by atoms with Crippen molar-refractivity contribution in [2.45, 2.75) is 39.3 Å². The molecule has 0 spiro atoms. The number of anilines is 2. The van der Waals surface area contributed by atoms with E-state index in [-0.39, 0.29) is 29.9 Å². The fourth-order valence-electron chi connectivity index (χ4n) is 4.55. The molecule has 38 heavy (non-hydrogen) atoms. The van der Waals surface area contributed by atoms with Gasteiger partial charge in [-0.2, -0.15) is 0 Å². The van der Waals surface area contributed by atoms with E-state index in [4.69, 9.17) is 4.74 Å². The van der Waals surface area contributed by atoms with Gasteiger partial charge in [0.25, 0.3) is 5.56 Å². The number of ether oxygens (including phenoxy) is 1. The molecule has 2 atom stereocenters. The van der Waals surface area contributed by atoms with Crippen LogP contribution in [-0.4, -0.2) is 24.7 Å². The lowest BCUT2D eigenvalue weighted by atomic mass is 9.93. The van der Waals surface area contributed by atoms with E-state index in [1.54, 1.807) is 19.3 Å². The normalized spacial score (nSPS) is 12.7. The van der Waals surface area contributed by atoms with Crippen molar-refractivity contribution < 1.29 is 13.9 Å². The number of aromatic amines is 1. The maximum absolute atomic E-state index is 13.8. The third-order valence-electron chi connectivity index (χ3n) is 6.61. The van der Waals surface area contributed by atoms with Crippen LogP contribution in [0.1, 0.15) is 48.1 Å². The molecule has 0 aliphatic rings. The van der Waals surface area contributed by atoms with Gasteiger partial charge in [0.1, 0.15) is 5.82 Å². The third-order valence-corrected chi connectivity index (χ3v) is 6.61. The van der Waals surface area contributed by atoms with Crippen molar-refractivity contribution in [3.8, 4) is 0 Å². The zero-order chi connectivity index (χ0) is 27.2. The van der Waals surface area contributed by atoms with Crippen LogP contribution in [0.25, 0.3) is 10.8 Å². The molecule has 1 amide bonds. The molecule has 0 bridgehead atoms. The maximum atomic E-state index is 13.8. The van der Waals surface area contributed by atoms with Crippen LogP contribution in [0.2, 0.25) is 0 Å². The van der Waals surface area contributed by atoms with E-state index in [9.17, 15) is 14.0 Å². The number of amides is 1. The lowest BCUT2D eigenvalue weighted by Gasteiger charge is -2.20. The minimum Gasteiger partial charge on any atom is -0.449 e. The number of aryl methyl sites for hydroxylation is 1. The molecule has 4 aromatic rings. The van der Waals surface area contributed by atoms with Gasteiger partial charge in [-0.15, -0.1) is 0 Å². The van der Waals surface area contributed by atoms with Crippen LogP contribution >= 0.6 is 0 Å². The van der Waals surface area contributed by atoms with Gasteiger partial charge in [0.15, 0.2) is 0 Å². The maximum Gasteiger partial charge on any atom is 0.411 e. The first-order chi connectivity index (χ1) is 18.2. The summed E-state index contributed by atoms with van der Waals surface area (Å²) in [5, 5.41) is 10.6. The third kappa shape index (κ3) is 6.39. The molecule has 8 heteroatoms. The first-order valence-corrected chi connectivity index (χ1v) is 12.6. The van der Waals surface area contributed by atoms with Crippen molar-refractivity contribution in [1.29, 1.82) is 0 Å². The summed E-state index contributed by atoms with van der Waals surface area (Å²) in [5.41, 5.74) is 4.99. The van der Waals surface area contributed by atoms with Gasteiger partial charge >= 0.3 is 6.09 Å². The largest absolute Gasteiger partial charge is 0.449 e. The summed E-state index contributed by atoms with van der Waals surface area (Å²) in [7, 11) is 1.73. The van der Waals surface area contributed by atoms with Gasteiger partial charge in [-0.3, -0.25) is 10.1 Å². The molecule has 3 aromatic carbocycles. The Balaban J connectivity index is 1.36. The van der Waals surface area contributed by atoms with Crippen LogP contribution in [-0.2, 0) is 11.3 Å². The highest BCUT2D eigenvalue weighted by atomic mass is 19.1. The van der Waals surface area contributed by atoms with E-state index in [1.807, 2.05) is 38.1 Å². The highest BCUT2D eigenvalue weighted by Crippen LogP contribution is 2.27. The van der Waals surface area contributed by atoms with E-state index in [0.29, 0.717) is 23.2 Å². The molecule has 198 valence electrons. The fraction of sp³-hybridized carbons (Fsp3) is 0.267. The van der Waals surface area contributed by atoms with Crippen molar-refractivity contribution in [3.05, 3.63) is 105 Å².